The van der Waals surface area contributed by atoms with E-state index in [2.05, 4.69) is 4.98 Å². The van der Waals surface area contributed by atoms with Crippen molar-refractivity contribution in [2.45, 2.75) is 12.5 Å². The quantitative estimate of drug-likeness (QED) is 0.936. The molecule has 1 aromatic heterocycles. The topological polar surface area (TPSA) is 83.7 Å². The minimum Gasteiger partial charge on any atom is -0.494 e. The highest BCUT2D eigenvalue weighted by atomic mass is 32.1. The van der Waals surface area contributed by atoms with Crippen molar-refractivity contribution in [1.82, 2.24) is 4.98 Å². The van der Waals surface area contributed by atoms with Crippen molar-refractivity contribution in [2.75, 3.05) is 26.9 Å². The molecule has 0 radical (unpaired) electrons. The van der Waals surface area contributed by atoms with Gasteiger partial charge in [0.1, 0.15) is 11.6 Å². The molecule has 2 heterocycles. The van der Waals surface area contributed by atoms with Gasteiger partial charge >= 0.3 is 0 Å². The molecule has 2 aromatic rings. The number of methoxy groups -OCH3 is 1. The van der Waals surface area contributed by atoms with Gasteiger partial charge in [-0.15, -0.1) is 11.3 Å². The Morgan fingerprint density at radius 2 is 2.33 bits per heavy atom. The van der Waals surface area contributed by atoms with Crippen molar-refractivity contribution in [3.8, 4) is 5.75 Å². The first-order valence-electron chi connectivity index (χ1n) is 6.67. The number of rotatable bonds is 3. The Bertz CT molecular complexity index is 662. The molecule has 112 valence electrons. The number of nitrogens with two attached hydrogens (primary N) is 1. The molecule has 6 nitrogen and oxygen atoms in total. The second kappa shape index (κ2) is 5.97. The van der Waals surface area contributed by atoms with Crippen LogP contribution in [0.5, 0.6) is 5.75 Å². The van der Waals surface area contributed by atoms with Crippen LogP contribution in [-0.2, 0) is 9.47 Å². The Hall–Kier alpha value is -1.70. The van der Waals surface area contributed by atoms with E-state index in [9.17, 15) is 4.79 Å². The van der Waals surface area contributed by atoms with E-state index in [1.54, 1.807) is 7.11 Å². The standard InChI is InChI=1S/C14H16N2O4S/c1-18-12-8(9-7-19-5-2-6-20-9)3-4-10-11(12)16-14(21-10)13(15)17/h3-4,9H,2,5-7H2,1H3,(H2,15,17). The minimum atomic E-state index is -0.533. The molecule has 0 aliphatic carbocycles. The molecule has 0 saturated carbocycles. The third-order valence-corrected chi connectivity index (χ3v) is 4.36. The summed E-state index contributed by atoms with van der Waals surface area (Å²) in [7, 11) is 1.58. The Balaban J connectivity index is 2.07. The number of aromatic nitrogens is 1. The van der Waals surface area contributed by atoms with Gasteiger partial charge in [-0.2, -0.15) is 0 Å². The number of carbonyl (C=O) groups excluding carboxylic acids is 1. The van der Waals surface area contributed by atoms with Gasteiger partial charge in [-0.3, -0.25) is 4.79 Å². The van der Waals surface area contributed by atoms with Crippen molar-refractivity contribution in [2.24, 2.45) is 5.73 Å². The zero-order valence-electron chi connectivity index (χ0n) is 11.6. The number of fused-ring (bicyclic) bond motifs is 1. The molecule has 1 aliphatic rings. The average Bonchev–Trinajstić information content (AvgIpc) is 2.74. The molecule has 3 rings (SSSR count). The van der Waals surface area contributed by atoms with Crippen LogP contribution in [0.15, 0.2) is 12.1 Å². The molecule has 1 aliphatic heterocycles. The van der Waals surface area contributed by atoms with Gasteiger partial charge in [0.2, 0.25) is 0 Å². The SMILES string of the molecule is COc1c(C2COCCCO2)ccc2sc(C(N)=O)nc12. The van der Waals surface area contributed by atoms with E-state index in [0.29, 0.717) is 31.1 Å². The molecule has 0 spiro atoms. The first-order valence-corrected chi connectivity index (χ1v) is 7.49. The first-order chi connectivity index (χ1) is 10.2. The summed E-state index contributed by atoms with van der Waals surface area (Å²) in [5.41, 5.74) is 6.82. The van der Waals surface area contributed by atoms with Gasteiger partial charge < -0.3 is 19.9 Å². The highest BCUT2D eigenvalue weighted by Crippen LogP contribution is 2.37. The van der Waals surface area contributed by atoms with E-state index in [4.69, 9.17) is 19.9 Å². The Morgan fingerprint density at radius 1 is 1.48 bits per heavy atom. The summed E-state index contributed by atoms with van der Waals surface area (Å²) in [5, 5.41) is 0.276. The Labute approximate surface area is 125 Å². The summed E-state index contributed by atoms with van der Waals surface area (Å²) in [6, 6.07) is 3.84. The van der Waals surface area contributed by atoms with Gasteiger partial charge in [-0.05, 0) is 12.5 Å². The minimum absolute atomic E-state index is 0.189. The molecule has 7 heteroatoms. The summed E-state index contributed by atoms with van der Waals surface area (Å²) in [6.45, 7) is 1.83. The van der Waals surface area contributed by atoms with Crippen LogP contribution < -0.4 is 10.5 Å². The summed E-state index contributed by atoms with van der Waals surface area (Å²) in [4.78, 5) is 15.6. The zero-order chi connectivity index (χ0) is 14.8. The van der Waals surface area contributed by atoms with Crippen molar-refractivity contribution < 1.29 is 19.0 Å². The molecular formula is C14H16N2O4S. The van der Waals surface area contributed by atoms with Crippen LogP contribution >= 0.6 is 11.3 Å². The fraction of sp³-hybridized carbons (Fsp3) is 0.429. The van der Waals surface area contributed by atoms with Gasteiger partial charge in [0.15, 0.2) is 10.8 Å². The second-order valence-electron chi connectivity index (χ2n) is 4.71. The summed E-state index contributed by atoms with van der Waals surface area (Å²) in [6.07, 6.45) is 0.689. The lowest BCUT2D eigenvalue weighted by Gasteiger charge is -2.18. The highest BCUT2D eigenvalue weighted by molar-refractivity contribution is 7.20. The van der Waals surface area contributed by atoms with E-state index in [1.807, 2.05) is 12.1 Å². The van der Waals surface area contributed by atoms with E-state index in [1.165, 1.54) is 11.3 Å². The van der Waals surface area contributed by atoms with E-state index < -0.39 is 5.91 Å². The molecular weight excluding hydrogens is 292 g/mol. The monoisotopic (exact) mass is 308 g/mol. The molecule has 21 heavy (non-hydrogen) atoms. The van der Waals surface area contributed by atoms with E-state index in [0.717, 1.165) is 16.7 Å². The highest BCUT2D eigenvalue weighted by Gasteiger charge is 2.23. The number of ether oxygens (including phenoxy) is 3. The zero-order valence-corrected chi connectivity index (χ0v) is 12.4. The number of nitrogens with zero attached hydrogens (tertiary/aromatic N) is 1. The number of primary amides is 1. The Kier molecular flexibility index (Phi) is 4.05. The smallest absolute Gasteiger partial charge is 0.277 e. The maximum atomic E-state index is 11.3. The molecule has 0 bridgehead atoms. The van der Waals surface area contributed by atoms with Gasteiger partial charge in [-0.1, -0.05) is 6.07 Å². The molecule has 1 amide bonds. The van der Waals surface area contributed by atoms with Gasteiger partial charge in [0.25, 0.3) is 5.91 Å². The normalized spacial score (nSPS) is 19.4. The van der Waals surface area contributed by atoms with Crippen LogP contribution in [0.3, 0.4) is 0 Å². The van der Waals surface area contributed by atoms with Crippen LogP contribution in [0, 0.1) is 0 Å². The van der Waals surface area contributed by atoms with Crippen molar-refractivity contribution >= 4 is 27.5 Å². The van der Waals surface area contributed by atoms with E-state index >= 15 is 0 Å². The van der Waals surface area contributed by atoms with Crippen molar-refractivity contribution in [1.29, 1.82) is 0 Å². The predicted molar refractivity (Wildman–Crippen MR) is 78.8 cm³/mol. The third-order valence-electron chi connectivity index (χ3n) is 3.33. The van der Waals surface area contributed by atoms with Gasteiger partial charge in [-0.25, -0.2) is 4.98 Å². The molecule has 1 unspecified atom stereocenters. The fourth-order valence-electron chi connectivity index (χ4n) is 2.36. The number of amides is 1. The van der Waals surface area contributed by atoms with Crippen LogP contribution in [0.25, 0.3) is 10.2 Å². The summed E-state index contributed by atoms with van der Waals surface area (Å²) < 4.78 is 17.7. The van der Waals surface area contributed by atoms with Crippen molar-refractivity contribution in [3.05, 3.63) is 22.7 Å². The lowest BCUT2D eigenvalue weighted by atomic mass is 10.1. The van der Waals surface area contributed by atoms with Crippen LogP contribution in [0.4, 0.5) is 0 Å². The maximum Gasteiger partial charge on any atom is 0.277 e. The van der Waals surface area contributed by atoms with Gasteiger partial charge in [0.05, 0.1) is 18.4 Å². The van der Waals surface area contributed by atoms with Crippen LogP contribution in [-0.4, -0.2) is 37.8 Å². The second-order valence-corrected chi connectivity index (χ2v) is 5.74. The fourth-order valence-corrected chi connectivity index (χ4v) is 3.18. The lowest BCUT2D eigenvalue weighted by Crippen LogP contribution is -2.11. The molecule has 1 saturated heterocycles. The predicted octanol–water partition coefficient (Wildman–Crippen LogP) is 1.88. The molecule has 1 aromatic carbocycles. The number of benzene rings is 1. The number of hydrogen-bond donors (Lipinski definition) is 1. The molecule has 1 fully saturated rings. The number of hydrogen-bond acceptors (Lipinski definition) is 6. The van der Waals surface area contributed by atoms with E-state index in [-0.39, 0.29) is 11.1 Å². The Morgan fingerprint density at radius 3 is 3.10 bits per heavy atom. The average molecular weight is 308 g/mol. The van der Waals surface area contributed by atoms with Crippen molar-refractivity contribution in [3.63, 3.8) is 0 Å². The maximum absolute atomic E-state index is 11.3. The van der Waals surface area contributed by atoms with Crippen LogP contribution in [0.2, 0.25) is 0 Å². The first kappa shape index (κ1) is 14.2. The number of thiazole rings is 1. The molecule has 1 atom stereocenters. The van der Waals surface area contributed by atoms with Gasteiger partial charge in [0, 0.05) is 18.8 Å². The summed E-state index contributed by atoms with van der Waals surface area (Å²) in [5.74, 6) is 0.0839. The number of carbonyl (C=O) groups is 1. The third kappa shape index (κ3) is 2.72. The largest absolute Gasteiger partial charge is 0.494 e. The molecule has 2 N–H and O–H groups in total. The lowest BCUT2D eigenvalue weighted by molar-refractivity contribution is 0.0240. The summed E-state index contributed by atoms with van der Waals surface area (Å²) >= 11 is 1.26. The van der Waals surface area contributed by atoms with Crippen LogP contribution in [0.1, 0.15) is 27.9 Å².